The maximum absolute atomic E-state index is 10.8. The Labute approximate surface area is 83.1 Å². The van der Waals surface area contributed by atoms with Crippen LogP contribution in [0, 0.1) is 0 Å². The van der Waals surface area contributed by atoms with Crippen LogP contribution < -0.4 is 0 Å². The molecule has 0 aromatic heterocycles. The number of esters is 1. The molecule has 0 fully saturated rings. The van der Waals surface area contributed by atoms with E-state index in [-0.39, 0.29) is 6.61 Å². The van der Waals surface area contributed by atoms with E-state index < -0.39 is 12.1 Å². The number of hydrogen-bond donors (Lipinski definition) is 0. The zero-order valence-corrected chi connectivity index (χ0v) is 8.49. The first-order valence-corrected chi connectivity index (χ1v) is 4.58. The number of carbonyl (C=O) groups is 2. The van der Waals surface area contributed by atoms with Crippen molar-refractivity contribution in [1.29, 1.82) is 0 Å². The van der Waals surface area contributed by atoms with Gasteiger partial charge in [-0.25, -0.2) is 9.59 Å². The minimum absolute atomic E-state index is 0.237. The molecule has 0 unspecified atom stereocenters. The minimum Gasteiger partial charge on any atom is -0.461 e. The van der Waals surface area contributed by atoms with Gasteiger partial charge in [-0.2, -0.15) is 4.99 Å². The van der Waals surface area contributed by atoms with Crippen LogP contribution in [0.2, 0.25) is 0 Å². The van der Waals surface area contributed by atoms with Crippen molar-refractivity contribution in [3.63, 3.8) is 0 Å². The molecule has 0 aromatic rings. The van der Waals surface area contributed by atoms with Gasteiger partial charge in [0.1, 0.15) is 6.21 Å². The van der Waals surface area contributed by atoms with Gasteiger partial charge in [-0.3, -0.25) is 0 Å². The van der Waals surface area contributed by atoms with E-state index in [9.17, 15) is 9.59 Å². The number of nitrogens with zero attached hydrogens (tertiary/aromatic N) is 1. The molecule has 0 aliphatic rings. The zero-order chi connectivity index (χ0) is 10.8. The van der Waals surface area contributed by atoms with E-state index in [2.05, 4.69) is 9.73 Å². The second-order valence-corrected chi connectivity index (χ2v) is 2.48. The molecular formula is C9H15NO4. The Morgan fingerprint density at radius 1 is 1.29 bits per heavy atom. The highest BCUT2D eigenvalue weighted by Gasteiger charge is 2.00. The first-order valence-electron chi connectivity index (χ1n) is 4.58. The average Bonchev–Trinajstić information content (AvgIpc) is 2.16. The summed E-state index contributed by atoms with van der Waals surface area (Å²) in [5, 5.41) is 0. The van der Waals surface area contributed by atoms with E-state index in [0.717, 1.165) is 19.1 Å². The zero-order valence-electron chi connectivity index (χ0n) is 8.49. The summed E-state index contributed by atoms with van der Waals surface area (Å²) in [5.74, 6) is -0.619. The third-order valence-electron chi connectivity index (χ3n) is 1.29. The Bertz CT molecular complexity index is 213. The molecule has 80 valence electrons. The fraction of sp³-hybridized carbons (Fsp3) is 0.667. The smallest absolute Gasteiger partial charge is 0.433 e. The van der Waals surface area contributed by atoms with Gasteiger partial charge in [-0.05, 0) is 13.3 Å². The van der Waals surface area contributed by atoms with Crippen LogP contribution in [-0.2, 0) is 14.3 Å². The quantitative estimate of drug-likeness (QED) is 0.384. The molecule has 0 atom stereocenters. The van der Waals surface area contributed by atoms with Crippen molar-refractivity contribution < 1.29 is 19.1 Å². The van der Waals surface area contributed by atoms with E-state index in [4.69, 9.17) is 4.74 Å². The average molecular weight is 201 g/mol. The first-order chi connectivity index (χ1) is 6.70. The van der Waals surface area contributed by atoms with E-state index in [0.29, 0.717) is 6.61 Å². The van der Waals surface area contributed by atoms with Gasteiger partial charge in [0.2, 0.25) is 0 Å². The molecule has 14 heavy (non-hydrogen) atoms. The number of aliphatic imine (C=N–C) groups is 1. The van der Waals surface area contributed by atoms with Gasteiger partial charge in [0.25, 0.3) is 0 Å². The molecule has 0 saturated heterocycles. The second-order valence-electron chi connectivity index (χ2n) is 2.48. The van der Waals surface area contributed by atoms with Gasteiger partial charge in [-0.1, -0.05) is 13.3 Å². The van der Waals surface area contributed by atoms with Crippen LogP contribution in [-0.4, -0.2) is 31.5 Å². The second kappa shape index (κ2) is 8.22. The Morgan fingerprint density at radius 2 is 2.00 bits per heavy atom. The van der Waals surface area contributed by atoms with Crippen LogP contribution in [0.15, 0.2) is 4.99 Å². The van der Waals surface area contributed by atoms with Gasteiger partial charge >= 0.3 is 12.1 Å². The molecule has 0 spiro atoms. The molecule has 0 heterocycles. The highest BCUT2D eigenvalue weighted by molar-refractivity contribution is 6.24. The summed E-state index contributed by atoms with van der Waals surface area (Å²) in [4.78, 5) is 24.7. The van der Waals surface area contributed by atoms with Crippen LogP contribution in [0.3, 0.4) is 0 Å². The van der Waals surface area contributed by atoms with Crippen molar-refractivity contribution in [2.24, 2.45) is 4.99 Å². The Kier molecular flexibility index (Phi) is 7.40. The van der Waals surface area contributed by atoms with Crippen LogP contribution in [0.4, 0.5) is 4.79 Å². The van der Waals surface area contributed by atoms with Crippen LogP contribution in [0.25, 0.3) is 0 Å². The number of unbranched alkanes of at least 4 members (excludes halogenated alkanes) is 1. The summed E-state index contributed by atoms with van der Waals surface area (Å²) in [5.41, 5.74) is 0. The molecule has 1 amide bonds. The molecule has 5 heteroatoms. The molecule has 0 N–H and O–H groups in total. The van der Waals surface area contributed by atoms with E-state index in [1.54, 1.807) is 6.92 Å². The van der Waals surface area contributed by atoms with Gasteiger partial charge < -0.3 is 9.47 Å². The van der Waals surface area contributed by atoms with Crippen molar-refractivity contribution >= 4 is 18.3 Å². The fourth-order valence-electron chi connectivity index (χ4n) is 0.621. The summed E-state index contributed by atoms with van der Waals surface area (Å²) in [6.07, 6.45) is 1.80. The summed E-state index contributed by atoms with van der Waals surface area (Å²) in [7, 11) is 0. The highest BCUT2D eigenvalue weighted by atomic mass is 16.5. The van der Waals surface area contributed by atoms with Gasteiger partial charge in [0.05, 0.1) is 13.2 Å². The van der Waals surface area contributed by atoms with Crippen molar-refractivity contribution in [2.45, 2.75) is 26.7 Å². The molecular weight excluding hydrogens is 186 g/mol. The molecule has 5 nitrogen and oxygen atoms in total. The van der Waals surface area contributed by atoms with Gasteiger partial charge in [0.15, 0.2) is 0 Å². The number of hydrogen-bond acceptors (Lipinski definition) is 4. The Hall–Kier alpha value is -1.39. The number of ether oxygens (including phenoxy) is 2. The highest BCUT2D eigenvalue weighted by Crippen LogP contribution is 1.88. The Balaban J connectivity index is 3.64. The Morgan fingerprint density at radius 3 is 2.57 bits per heavy atom. The van der Waals surface area contributed by atoms with Crippen molar-refractivity contribution in [3.8, 4) is 0 Å². The van der Waals surface area contributed by atoms with Crippen molar-refractivity contribution in [2.75, 3.05) is 13.2 Å². The fourth-order valence-corrected chi connectivity index (χ4v) is 0.621. The lowest BCUT2D eigenvalue weighted by atomic mass is 10.4. The van der Waals surface area contributed by atoms with Crippen LogP contribution in [0.1, 0.15) is 26.7 Å². The molecule has 0 aromatic carbocycles. The van der Waals surface area contributed by atoms with Crippen LogP contribution >= 0.6 is 0 Å². The molecule has 0 aliphatic heterocycles. The largest absolute Gasteiger partial charge is 0.461 e. The van der Waals surface area contributed by atoms with E-state index in [1.165, 1.54) is 0 Å². The normalized spacial score (nSPS) is 10.1. The molecule has 0 aliphatic carbocycles. The van der Waals surface area contributed by atoms with Gasteiger partial charge in [-0.15, -0.1) is 0 Å². The summed E-state index contributed by atoms with van der Waals surface area (Å²) < 4.78 is 9.19. The summed E-state index contributed by atoms with van der Waals surface area (Å²) in [6.45, 7) is 4.23. The van der Waals surface area contributed by atoms with Crippen molar-refractivity contribution in [1.82, 2.24) is 0 Å². The lowest BCUT2D eigenvalue weighted by Gasteiger charge is -1.98. The predicted octanol–water partition coefficient (Wildman–Crippen LogP) is 1.56. The van der Waals surface area contributed by atoms with Crippen molar-refractivity contribution in [3.05, 3.63) is 0 Å². The lowest BCUT2D eigenvalue weighted by Crippen LogP contribution is -2.08. The predicted molar refractivity (Wildman–Crippen MR) is 51.4 cm³/mol. The number of carbonyl (C=O) groups excluding carboxylic acids is 2. The minimum atomic E-state index is -0.778. The third kappa shape index (κ3) is 7.27. The SMILES string of the molecule is CCCCOC(=O)C=NC(=O)OCC. The monoisotopic (exact) mass is 201 g/mol. The summed E-state index contributed by atoms with van der Waals surface area (Å²) in [6, 6.07) is 0. The number of amides is 1. The van der Waals surface area contributed by atoms with Gasteiger partial charge in [0, 0.05) is 0 Å². The topological polar surface area (TPSA) is 65.0 Å². The van der Waals surface area contributed by atoms with Crippen LogP contribution in [0.5, 0.6) is 0 Å². The molecule has 0 saturated carbocycles. The summed E-state index contributed by atoms with van der Waals surface area (Å²) >= 11 is 0. The molecule has 0 rings (SSSR count). The molecule has 0 bridgehead atoms. The maximum Gasteiger partial charge on any atom is 0.433 e. The third-order valence-corrected chi connectivity index (χ3v) is 1.29. The lowest BCUT2D eigenvalue weighted by molar-refractivity contribution is -0.135. The molecule has 0 radical (unpaired) electrons. The van der Waals surface area contributed by atoms with E-state index in [1.807, 2.05) is 6.92 Å². The maximum atomic E-state index is 10.8. The first kappa shape index (κ1) is 12.6. The number of rotatable bonds is 5. The standard InChI is InChI=1S/C9H15NO4/c1-3-5-6-14-8(11)7-10-9(12)13-4-2/h7H,3-6H2,1-2H3. The van der Waals surface area contributed by atoms with E-state index >= 15 is 0 Å².